The standard InChI is InChI=1S/C15H14BrClFNO/c16-10-6-4-9(5-7-10)15(20)12(8-19)11-2-1-3-13(17)14(11)18/h1-7,12,15,20H,8,19H2. The van der Waals surface area contributed by atoms with E-state index in [1.54, 1.807) is 24.3 Å². The molecular weight excluding hydrogens is 345 g/mol. The van der Waals surface area contributed by atoms with Crippen LogP contribution < -0.4 is 5.73 Å². The minimum Gasteiger partial charge on any atom is -0.388 e. The van der Waals surface area contributed by atoms with Crippen molar-refractivity contribution in [3.05, 3.63) is 68.9 Å². The van der Waals surface area contributed by atoms with E-state index in [1.807, 2.05) is 12.1 Å². The number of aliphatic hydroxyl groups excluding tert-OH is 1. The van der Waals surface area contributed by atoms with Crippen molar-refractivity contribution in [3.8, 4) is 0 Å². The fraction of sp³-hybridized carbons (Fsp3) is 0.200. The van der Waals surface area contributed by atoms with E-state index in [0.29, 0.717) is 11.1 Å². The Morgan fingerprint density at radius 2 is 1.85 bits per heavy atom. The third-order valence-electron chi connectivity index (χ3n) is 3.23. The van der Waals surface area contributed by atoms with E-state index in [0.717, 1.165) is 4.47 Å². The van der Waals surface area contributed by atoms with Crippen molar-refractivity contribution >= 4 is 27.5 Å². The molecule has 0 aromatic heterocycles. The van der Waals surface area contributed by atoms with Gasteiger partial charge in [0.2, 0.25) is 0 Å². The summed E-state index contributed by atoms with van der Waals surface area (Å²) in [7, 11) is 0. The van der Waals surface area contributed by atoms with Gasteiger partial charge in [-0.1, -0.05) is 51.8 Å². The molecule has 0 aliphatic rings. The molecule has 106 valence electrons. The highest BCUT2D eigenvalue weighted by atomic mass is 79.9. The molecule has 2 aromatic carbocycles. The van der Waals surface area contributed by atoms with Crippen LogP contribution in [0.25, 0.3) is 0 Å². The van der Waals surface area contributed by atoms with Crippen LogP contribution >= 0.6 is 27.5 Å². The molecule has 0 fully saturated rings. The number of nitrogens with two attached hydrogens (primary N) is 1. The molecule has 0 aliphatic carbocycles. The molecule has 20 heavy (non-hydrogen) atoms. The molecule has 0 heterocycles. The average Bonchev–Trinajstić information content (AvgIpc) is 2.45. The van der Waals surface area contributed by atoms with Crippen LogP contribution in [0.5, 0.6) is 0 Å². The summed E-state index contributed by atoms with van der Waals surface area (Å²) in [5.41, 5.74) is 6.73. The summed E-state index contributed by atoms with van der Waals surface area (Å²) < 4.78 is 15.0. The van der Waals surface area contributed by atoms with Crippen molar-refractivity contribution in [1.29, 1.82) is 0 Å². The topological polar surface area (TPSA) is 46.2 Å². The van der Waals surface area contributed by atoms with Crippen LogP contribution in [0.15, 0.2) is 46.9 Å². The minimum absolute atomic E-state index is 0.0314. The highest BCUT2D eigenvalue weighted by Crippen LogP contribution is 2.34. The zero-order valence-electron chi connectivity index (χ0n) is 10.6. The van der Waals surface area contributed by atoms with E-state index >= 15 is 0 Å². The van der Waals surface area contributed by atoms with Gasteiger partial charge in [-0.25, -0.2) is 4.39 Å². The number of rotatable bonds is 4. The summed E-state index contributed by atoms with van der Waals surface area (Å²) in [6.45, 7) is 0.120. The van der Waals surface area contributed by atoms with Gasteiger partial charge in [0.05, 0.1) is 11.1 Å². The Bertz CT molecular complexity index is 591. The number of aliphatic hydroxyl groups is 1. The summed E-state index contributed by atoms with van der Waals surface area (Å²) in [4.78, 5) is 0. The lowest BCUT2D eigenvalue weighted by Crippen LogP contribution is -2.21. The summed E-state index contributed by atoms with van der Waals surface area (Å²) >= 11 is 9.11. The van der Waals surface area contributed by atoms with Crippen molar-refractivity contribution in [1.82, 2.24) is 0 Å². The van der Waals surface area contributed by atoms with Gasteiger partial charge in [0.15, 0.2) is 0 Å². The molecule has 0 aliphatic heterocycles. The summed E-state index contributed by atoms with van der Waals surface area (Å²) in [6.07, 6.45) is -0.888. The normalized spacial score (nSPS) is 14.1. The SMILES string of the molecule is NCC(c1cccc(Cl)c1F)C(O)c1ccc(Br)cc1. The minimum atomic E-state index is -0.888. The van der Waals surface area contributed by atoms with E-state index in [-0.39, 0.29) is 11.6 Å². The first kappa shape index (κ1) is 15.4. The van der Waals surface area contributed by atoms with E-state index in [2.05, 4.69) is 15.9 Å². The number of benzene rings is 2. The van der Waals surface area contributed by atoms with Crippen molar-refractivity contribution in [2.24, 2.45) is 5.73 Å². The molecular formula is C15H14BrClFNO. The quantitative estimate of drug-likeness (QED) is 0.867. The van der Waals surface area contributed by atoms with Gasteiger partial charge >= 0.3 is 0 Å². The second-order valence-electron chi connectivity index (χ2n) is 4.48. The molecule has 0 amide bonds. The highest BCUT2D eigenvalue weighted by Gasteiger charge is 2.25. The largest absolute Gasteiger partial charge is 0.388 e. The van der Waals surface area contributed by atoms with Gasteiger partial charge in [0, 0.05) is 16.9 Å². The highest BCUT2D eigenvalue weighted by molar-refractivity contribution is 9.10. The van der Waals surface area contributed by atoms with Crippen molar-refractivity contribution in [3.63, 3.8) is 0 Å². The summed E-state index contributed by atoms with van der Waals surface area (Å²) in [5, 5.41) is 10.5. The molecule has 0 radical (unpaired) electrons. The molecule has 0 saturated carbocycles. The predicted molar refractivity (Wildman–Crippen MR) is 82.3 cm³/mol. The van der Waals surface area contributed by atoms with E-state index in [4.69, 9.17) is 17.3 Å². The van der Waals surface area contributed by atoms with Crippen molar-refractivity contribution in [2.45, 2.75) is 12.0 Å². The Balaban J connectivity index is 2.36. The van der Waals surface area contributed by atoms with Crippen molar-refractivity contribution < 1.29 is 9.50 Å². The second kappa shape index (κ2) is 6.68. The Kier molecular flexibility index (Phi) is 5.16. The van der Waals surface area contributed by atoms with Crippen LogP contribution in [0.2, 0.25) is 5.02 Å². The molecule has 2 rings (SSSR count). The second-order valence-corrected chi connectivity index (χ2v) is 5.80. The predicted octanol–water partition coefficient (Wildman–Crippen LogP) is 4.02. The van der Waals surface area contributed by atoms with Crippen LogP contribution in [0.4, 0.5) is 4.39 Å². The molecule has 0 bridgehead atoms. The number of hydrogen-bond acceptors (Lipinski definition) is 2. The molecule has 0 spiro atoms. The summed E-state index contributed by atoms with van der Waals surface area (Å²) in [6, 6.07) is 11.9. The van der Waals surface area contributed by atoms with Crippen LogP contribution in [-0.2, 0) is 0 Å². The Morgan fingerprint density at radius 3 is 2.45 bits per heavy atom. The Labute approximate surface area is 130 Å². The van der Waals surface area contributed by atoms with E-state index in [1.165, 1.54) is 6.07 Å². The fourth-order valence-corrected chi connectivity index (χ4v) is 2.57. The molecule has 2 atom stereocenters. The molecule has 5 heteroatoms. The fourth-order valence-electron chi connectivity index (χ4n) is 2.13. The molecule has 2 aromatic rings. The maximum Gasteiger partial charge on any atom is 0.145 e. The third kappa shape index (κ3) is 3.20. The smallest absolute Gasteiger partial charge is 0.145 e. The molecule has 2 unspecified atom stereocenters. The van der Waals surface area contributed by atoms with Gasteiger partial charge in [-0.15, -0.1) is 0 Å². The summed E-state index contributed by atoms with van der Waals surface area (Å²) in [5.74, 6) is -1.07. The maximum atomic E-state index is 14.1. The first-order valence-electron chi connectivity index (χ1n) is 6.12. The van der Waals surface area contributed by atoms with Gasteiger partial charge < -0.3 is 10.8 Å². The molecule has 2 nitrogen and oxygen atoms in total. The first-order chi connectivity index (χ1) is 9.54. The van der Waals surface area contributed by atoms with Crippen LogP contribution in [0.3, 0.4) is 0 Å². The lowest BCUT2D eigenvalue weighted by molar-refractivity contribution is 0.145. The van der Waals surface area contributed by atoms with E-state index < -0.39 is 17.8 Å². The van der Waals surface area contributed by atoms with Gasteiger partial charge in [0.25, 0.3) is 0 Å². The Hall–Kier alpha value is -0.940. The van der Waals surface area contributed by atoms with Gasteiger partial charge in [-0.2, -0.15) is 0 Å². The zero-order chi connectivity index (χ0) is 14.7. The number of hydrogen-bond donors (Lipinski definition) is 2. The monoisotopic (exact) mass is 357 g/mol. The van der Waals surface area contributed by atoms with Crippen LogP contribution in [-0.4, -0.2) is 11.7 Å². The molecule has 0 saturated heterocycles. The molecule has 3 N–H and O–H groups in total. The maximum absolute atomic E-state index is 14.1. The average molecular weight is 359 g/mol. The number of halogens is 3. The van der Waals surface area contributed by atoms with Crippen molar-refractivity contribution in [2.75, 3.05) is 6.54 Å². The Morgan fingerprint density at radius 1 is 1.20 bits per heavy atom. The van der Waals surface area contributed by atoms with Crippen LogP contribution in [0.1, 0.15) is 23.1 Å². The third-order valence-corrected chi connectivity index (χ3v) is 4.05. The lowest BCUT2D eigenvalue weighted by atomic mass is 9.89. The van der Waals surface area contributed by atoms with E-state index in [9.17, 15) is 9.50 Å². The first-order valence-corrected chi connectivity index (χ1v) is 7.29. The van der Waals surface area contributed by atoms with Crippen LogP contribution in [0, 0.1) is 5.82 Å². The lowest BCUT2D eigenvalue weighted by Gasteiger charge is -2.23. The van der Waals surface area contributed by atoms with Gasteiger partial charge in [-0.3, -0.25) is 0 Å². The van der Waals surface area contributed by atoms with Gasteiger partial charge in [-0.05, 0) is 29.3 Å². The van der Waals surface area contributed by atoms with Gasteiger partial charge in [0.1, 0.15) is 5.82 Å². The zero-order valence-corrected chi connectivity index (χ0v) is 12.9.